The molecule has 2 aliphatic rings. The van der Waals surface area contributed by atoms with Crippen molar-refractivity contribution in [2.24, 2.45) is 51.4 Å². The molecule has 0 aromatic rings. The van der Waals surface area contributed by atoms with Crippen molar-refractivity contribution >= 4 is 124 Å². The molecule has 0 saturated carbocycles. The van der Waals surface area contributed by atoms with Gasteiger partial charge in [0.25, 0.3) is 0 Å². The van der Waals surface area contributed by atoms with Crippen LogP contribution in [0.2, 0.25) is 0 Å². The summed E-state index contributed by atoms with van der Waals surface area (Å²) in [4.78, 5) is 274. The second-order valence-electron chi connectivity index (χ2n) is 29.6. The van der Waals surface area contributed by atoms with Crippen molar-refractivity contribution in [3.63, 3.8) is 0 Å². The van der Waals surface area contributed by atoms with Crippen molar-refractivity contribution in [3.8, 4) is 0 Å². The molecule has 2 fully saturated rings. The number of carboxylic acid groups (broad SMARTS) is 3. The number of amides is 17. The van der Waals surface area contributed by atoms with E-state index in [0.29, 0.717) is 0 Å². The summed E-state index contributed by atoms with van der Waals surface area (Å²) in [6.45, 7) is 13.2. The van der Waals surface area contributed by atoms with Gasteiger partial charge < -0.3 is 143 Å². The number of aliphatic hydroxyl groups is 4. The van der Waals surface area contributed by atoms with Gasteiger partial charge in [-0.1, -0.05) is 48.0 Å². The minimum atomic E-state index is -2.12. The predicted molar refractivity (Wildman–Crippen MR) is 409 cm³/mol. The van der Waals surface area contributed by atoms with Crippen LogP contribution in [0.5, 0.6) is 0 Å². The zero-order chi connectivity index (χ0) is 90.2. The zero-order valence-corrected chi connectivity index (χ0v) is 67.5. The molecular formula is C70H117N21O27. The molecular weight excluding hydrogens is 1570 g/mol. The second-order valence-corrected chi connectivity index (χ2v) is 29.6. The summed E-state index contributed by atoms with van der Waals surface area (Å²) < 4.78 is 0. The highest BCUT2D eigenvalue weighted by Gasteiger charge is 2.46. The number of primary amides is 2. The topological polar surface area (TPSA) is 788 Å². The Morgan fingerprint density at radius 2 is 0.763 bits per heavy atom. The summed E-state index contributed by atoms with van der Waals surface area (Å²) in [6.07, 6.45) is -9.17. The van der Waals surface area contributed by atoms with Crippen LogP contribution in [-0.2, 0) is 95.9 Å². The number of likely N-dealkylation sites (tertiary alicyclic amines) is 2. The first-order valence-electron chi connectivity index (χ1n) is 38.2. The van der Waals surface area contributed by atoms with Crippen LogP contribution >= 0.6 is 0 Å². The van der Waals surface area contributed by atoms with Gasteiger partial charge in [0.15, 0.2) is 12.0 Å². The third-order valence-corrected chi connectivity index (χ3v) is 19.0. The molecule has 30 N–H and O–H groups in total. The second kappa shape index (κ2) is 48.9. The van der Waals surface area contributed by atoms with Gasteiger partial charge >= 0.3 is 17.9 Å². The van der Waals surface area contributed by atoms with Crippen LogP contribution in [-0.4, -0.2) is 311 Å². The molecule has 0 radical (unpaired) electrons. The van der Waals surface area contributed by atoms with E-state index in [1.807, 2.05) is 0 Å². The Labute approximate surface area is 678 Å². The van der Waals surface area contributed by atoms with Gasteiger partial charge in [-0.15, -0.1) is 0 Å². The van der Waals surface area contributed by atoms with Crippen LogP contribution in [0.3, 0.4) is 0 Å². The molecule has 17 amide bonds. The third-order valence-electron chi connectivity index (χ3n) is 19.0. The van der Waals surface area contributed by atoms with Crippen LogP contribution in [0, 0.1) is 17.8 Å². The molecule has 0 aromatic carbocycles. The number of rotatable bonds is 50. The fourth-order valence-electron chi connectivity index (χ4n) is 12.2. The van der Waals surface area contributed by atoms with Crippen molar-refractivity contribution in [2.75, 3.05) is 26.2 Å². The number of aliphatic hydroxyl groups excluding tert-OH is 4. The lowest BCUT2D eigenvalue weighted by atomic mass is 9.95. The number of aliphatic imine (C=N–C) groups is 1. The number of guanidine groups is 1. The van der Waals surface area contributed by atoms with Crippen molar-refractivity contribution in [1.82, 2.24) is 78.9 Å². The molecule has 20 atom stereocenters. The van der Waals surface area contributed by atoms with E-state index in [1.54, 1.807) is 6.92 Å². The first kappa shape index (κ1) is 103. The van der Waals surface area contributed by atoms with Gasteiger partial charge in [-0.2, -0.15) is 0 Å². The summed E-state index contributed by atoms with van der Waals surface area (Å²) >= 11 is 0. The van der Waals surface area contributed by atoms with E-state index in [9.17, 15) is 132 Å². The van der Waals surface area contributed by atoms with Gasteiger partial charge in [0.05, 0.1) is 50.2 Å². The first-order chi connectivity index (χ1) is 54.9. The van der Waals surface area contributed by atoms with Gasteiger partial charge in [-0.25, -0.2) is 4.79 Å². The number of carboxylic acids is 3. The lowest BCUT2D eigenvalue weighted by molar-refractivity contribution is -0.148. The van der Waals surface area contributed by atoms with Crippen molar-refractivity contribution < 1.29 is 132 Å². The Kier molecular flexibility index (Phi) is 42.5. The number of carbonyl (C=O) groups excluding carboxylic acids is 17. The summed E-state index contributed by atoms with van der Waals surface area (Å²) in [6, 6.07) is -27.1. The van der Waals surface area contributed by atoms with Gasteiger partial charge in [-0.05, 0) is 97.3 Å². The maximum absolute atomic E-state index is 14.3. The lowest BCUT2D eigenvalue weighted by Crippen LogP contribution is -2.63. The average molecular weight is 1680 g/mol. The van der Waals surface area contributed by atoms with Gasteiger partial charge in [0.1, 0.15) is 84.6 Å². The smallest absolute Gasteiger partial charge is 0.328 e. The molecule has 664 valence electrons. The molecule has 118 heavy (non-hydrogen) atoms. The minimum absolute atomic E-state index is 0.0187. The molecule has 2 aliphatic heterocycles. The van der Waals surface area contributed by atoms with E-state index in [-0.39, 0.29) is 70.5 Å². The van der Waals surface area contributed by atoms with Gasteiger partial charge in [-0.3, -0.25) is 96.1 Å². The number of hydrogen-bond acceptors (Lipinski definition) is 26. The summed E-state index contributed by atoms with van der Waals surface area (Å²) in [5.41, 5.74) is 27.1. The van der Waals surface area contributed by atoms with Crippen LogP contribution < -0.4 is 97.8 Å². The fraction of sp³-hybridized carbons (Fsp3) is 0.700. The summed E-state index contributed by atoms with van der Waals surface area (Å²) in [7, 11) is 0. The van der Waals surface area contributed by atoms with E-state index >= 15 is 0 Å². The van der Waals surface area contributed by atoms with Gasteiger partial charge in [0, 0.05) is 26.1 Å². The number of nitrogens with zero attached hydrogens (tertiary/aromatic N) is 3. The molecule has 2 rings (SSSR count). The fourth-order valence-corrected chi connectivity index (χ4v) is 12.2. The van der Waals surface area contributed by atoms with E-state index in [2.05, 4.69) is 74.1 Å². The SMILES string of the molecule is CC[C@H](C)[C@H](NC(=O)[C@@H](NC(=O)[C@H](CO)NC(=O)[C@H](CC(=O)O)NC(=O)[C@H](CC(N)=O)NC(=O)[C@H](CCCN=C(N)N)NC(=O)[C@H](C)N)C(C)C)C(=O)N[C@H](C(=O)N[C@@H](C)C(=O)N[C@@H](CC(=O)O)C(=O)N[C@@H](CCC(N)=O)C(=O)N[C@H](C(=O)N1CCC[C@H]1C(=O)N[C@H](C(=O)N1CCC[C@H]1C(=O)N[C@H](C(=O)O)[C@@H](C)O)[C@@H](C)O)[C@@H](C)O)C(C)C. The molecule has 0 bridgehead atoms. The van der Waals surface area contributed by atoms with E-state index in [1.165, 1.54) is 41.5 Å². The minimum Gasteiger partial charge on any atom is -0.481 e. The normalized spacial score (nSPS) is 18.4. The molecule has 0 aromatic heterocycles. The van der Waals surface area contributed by atoms with Crippen molar-refractivity contribution in [3.05, 3.63) is 0 Å². The molecule has 2 heterocycles. The Morgan fingerprint density at radius 1 is 0.407 bits per heavy atom. The Bertz CT molecular complexity index is 3650. The largest absolute Gasteiger partial charge is 0.481 e. The molecule has 0 unspecified atom stereocenters. The lowest BCUT2D eigenvalue weighted by Gasteiger charge is -2.33. The highest BCUT2D eigenvalue weighted by molar-refractivity contribution is 6.02. The highest BCUT2D eigenvalue weighted by Crippen LogP contribution is 2.24. The maximum Gasteiger partial charge on any atom is 0.328 e. The third kappa shape index (κ3) is 32.9. The predicted octanol–water partition coefficient (Wildman–Crippen LogP) is -11.6. The molecule has 0 spiro atoms. The first-order valence-corrected chi connectivity index (χ1v) is 38.2. The van der Waals surface area contributed by atoms with E-state index in [4.69, 9.17) is 28.7 Å². The van der Waals surface area contributed by atoms with Crippen LogP contribution in [0.4, 0.5) is 0 Å². The van der Waals surface area contributed by atoms with Crippen LogP contribution in [0.1, 0.15) is 153 Å². The van der Waals surface area contributed by atoms with Crippen molar-refractivity contribution in [1.29, 1.82) is 0 Å². The standard InChI is InChI=1S/C70H117N21O27/c1-12-30(6)50(86-65(113)49(29(4)5)84-61(109)41(27-92)83-60(108)40(26-47(100)101)82-58(106)38(24-45(73)97)81-56(104)36(78-54(102)31(7)71)16-13-21-76-70(74)75)66(114)85-48(28(2)3)64(112)77-32(8)55(103)80-39(25-46(98)99)59(107)79-37(19-20-44(72)96)57(105)87-51(33(9)93)67(115)90-22-14-17-42(90)62(110)88-52(34(10)94)68(116)91-23-15-18-43(91)63(111)89-53(35(11)95)69(117)118/h28-43,48-53,92-95H,12-27,71H2,1-11H3,(H2,72,96)(H2,73,97)(H,77,112)(H,78,102)(H,79,107)(H,80,103)(H,81,104)(H,82,106)(H,83,108)(H,84,109)(H,85,114)(H,86,113)(H,87,105)(H,88,110)(H,89,111)(H,98,99)(H,100,101)(H,117,118)(H4,74,75,76)/t30-,31-,32-,33+,34+,35+,36-,37-,38-,39-,40-,41-,42-,43-,48-,49-,50-,51-,52-,53-/m0/s1. The summed E-state index contributed by atoms with van der Waals surface area (Å²) in [5.74, 6) is -26.9. The Hall–Kier alpha value is -11.5. The quantitative estimate of drug-likeness (QED) is 0.0153. The molecule has 48 nitrogen and oxygen atoms in total. The number of carbonyl (C=O) groups is 20. The summed E-state index contributed by atoms with van der Waals surface area (Å²) in [5, 5.41) is 101. The maximum atomic E-state index is 14.3. The van der Waals surface area contributed by atoms with E-state index in [0.717, 1.165) is 37.5 Å². The monoisotopic (exact) mass is 1680 g/mol. The zero-order valence-electron chi connectivity index (χ0n) is 67.5. The highest BCUT2D eigenvalue weighted by atomic mass is 16.4. The Balaban J connectivity index is 2.34. The average Bonchev–Trinajstić information content (AvgIpc) is 1.59. The van der Waals surface area contributed by atoms with Crippen molar-refractivity contribution in [2.45, 2.75) is 268 Å². The molecule has 2 saturated heterocycles. The van der Waals surface area contributed by atoms with Crippen LogP contribution in [0.25, 0.3) is 0 Å². The Morgan fingerprint density at radius 3 is 1.17 bits per heavy atom. The number of aliphatic carboxylic acids is 3. The molecule has 48 heteroatoms. The molecule has 0 aliphatic carbocycles. The number of hydrogen-bond donors (Lipinski definition) is 25. The number of nitrogens with one attached hydrogen (secondary N) is 13. The van der Waals surface area contributed by atoms with E-state index < -0.39 is 290 Å². The van der Waals surface area contributed by atoms with Crippen LogP contribution in [0.15, 0.2) is 4.99 Å². The van der Waals surface area contributed by atoms with Gasteiger partial charge in [0.2, 0.25) is 100 Å². The number of nitrogens with two attached hydrogens (primary N) is 5.